The molecular weight excluding hydrogens is 518 g/mol. The van der Waals surface area contributed by atoms with Gasteiger partial charge in [0.1, 0.15) is 18.1 Å². The average Bonchev–Trinajstić information content (AvgIpc) is 3.24. The number of β-amino-alcohol motifs (C(OH)–C–C–N with tert-alkyl or cyclic N) is 1. The summed E-state index contributed by atoms with van der Waals surface area (Å²) in [6, 6.07) is 6.93. The van der Waals surface area contributed by atoms with Crippen LogP contribution in [0.25, 0.3) is 22.2 Å². The molecule has 0 saturated carbocycles. The second-order valence-corrected chi connectivity index (χ2v) is 11.1. The van der Waals surface area contributed by atoms with Crippen molar-refractivity contribution in [2.24, 2.45) is 0 Å². The number of fused-ring (bicyclic) bond motifs is 1. The highest BCUT2D eigenvalue weighted by atomic mass is 35.5. The summed E-state index contributed by atoms with van der Waals surface area (Å²) >= 11 is 12.4. The summed E-state index contributed by atoms with van der Waals surface area (Å²) < 4.78 is 21.1. The first-order valence-electron chi connectivity index (χ1n) is 11.8. The van der Waals surface area contributed by atoms with Crippen LogP contribution in [-0.4, -0.2) is 56.0 Å². The van der Waals surface area contributed by atoms with E-state index in [0.29, 0.717) is 58.1 Å². The Hall–Kier alpha value is -2.98. The lowest BCUT2D eigenvalue weighted by atomic mass is 9.91. The number of halogens is 3. The van der Waals surface area contributed by atoms with E-state index in [1.165, 1.54) is 18.5 Å². The van der Waals surface area contributed by atoms with Gasteiger partial charge in [0.2, 0.25) is 0 Å². The number of ether oxygens (including phenoxy) is 1. The first-order chi connectivity index (χ1) is 17.5. The third-order valence-corrected chi connectivity index (χ3v) is 6.94. The van der Waals surface area contributed by atoms with Gasteiger partial charge in [-0.3, -0.25) is 10.1 Å². The van der Waals surface area contributed by atoms with E-state index in [2.05, 4.69) is 25.5 Å². The van der Waals surface area contributed by atoms with Gasteiger partial charge in [-0.05, 0) is 45.0 Å². The minimum absolute atomic E-state index is 0.170. The molecule has 1 saturated heterocycles. The first-order valence-corrected chi connectivity index (χ1v) is 12.5. The summed E-state index contributed by atoms with van der Waals surface area (Å²) in [6.07, 6.45) is 4.65. The van der Waals surface area contributed by atoms with Crippen LogP contribution < -0.4 is 15.0 Å². The highest BCUT2D eigenvalue weighted by Crippen LogP contribution is 2.34. The standard InChI is InChI=1S/C26H27Cl2FN6O2/c1-25(2,36)12-32-26(3)13-35(14-26)24-21(29)6-15(8-31-24)23-17-7-16(4-5-22(17)33-34-23)37-11-18-19(27)9-30-10-20(18)28/h4-10,32,36H,11-14H2,1-3H3,(H,33,34). The fraction of sp³-hybridized carbons (Fsp3) is 0.346. The molecule has 0 unspecified atom stereocenters. The SMILES string of the molecule is CC(C)(O)CNC1(C)CN(c2ncc(-c3n[nH]c4ccc(OCc5c(Cl)cncc5Cl)cc34)cc2F)C1. The lowest BCUT2D eigenvalue weighted by Crippen LogP contribution is -2.69. The quantitative estimate of drug-likeness (QED) is 0.287. The van der Waals surface area contributed by atoms with Gasteiger partial charge in [-0.1, -0.05) is 23.2 Å². The van der Waals surface area contributed by atoms with Gasteiger partial charge >= 0.3 is 0 Å². The van der Waals surface area contributed by atoms with Crippen molar-refractivity contribution < 1.29 is 14.2 Å². The van der Waals surface area contributed by atoms with Gasteiger partial charge < -0.3 is 20.1 Å². The summed E-state index contributed by atoms with van der Waals surface area (Å²) in [7, 11) is 0. The van der Waals surface area contributed by atoms with Gasteiger partial charge in [-0.25, -0.2) is 9.37 Å². The molecule has 1 aliphatic rings. The van der Waals surface area contributed by atoms with Gasteiger partial charge in [-0.15, -0.1) is 0 Å². The normalized spacial score (nSPS) is 15.2. The van der Waals surface area contributed by atoms with E-state index in [1.54, 1.807) is 20.0 Å². The molecule has 1 aliphatic heterocycles. The average molecular weight is 545 g/mol. The number of aliphatic hydroxyl groups is 1. The van der Waals surface area contributed by atoms with Gasteiger partial charge in [0.15, 0.2) is 11.6 Å². The highest BCUT2D eigenvalue weighted by Gasteiger charge is 2.40. The van der Waals surface area contributed by atoms with Crippen molar-refractivity contribution in [3.8, 4) is 17.0 Å². The summed E-state index contributed by atoms with van der Waals surface area (Å²) in [5.41, 5.74) is 1.51. The molecule has 3 N–H and O–H groups in total. The molecule has 37 heavy (non-hydrogen) atoms. The Morgan fingerprint density at radius 1 is 1.19 bits per heavy atom. The van der Waals surface area contributed by atoms with Crippen LogP contribution in [0.15, 0.2) is 42.9 Å². The van der Waals surface area contributed by atoms with Crippen LogP contribution in [0.4, 0.5) is 10.2 Å². The Balaban J connectivity index is 1.32. The van der Waals surface area contributed by atoms with Crippen molar-refractivity contribution >= 4 is 39.9 Å². The number of aromatic amines is 1. The second-order valence-electron chi connectivity index (χ2n) is 10.3. The summed E-state index contributed by atoms with van der Waals surface area (Å²) in [5.74, 6) is 0.455. The second kappa shape index (κ2) is 9.72. The monoisotopic (exact) mass is 544 g/mol. The van der Waals surface area contributed by atoms with Gasteiger partial charge in [0, 0.05) is 54.7 Å². The topological polar surface area (TPSA) is 99.2 Å². The Morgan fingerprint density at radius 2 is 1.92 bits per heavy atom. The third kappa shape index (κ3) is 5.50. The van der Waals surface area contributed by atoms with Crippen molar-refractivity contribution in [2.75, 3.05) is 24.5 Å². The molecule has 0 radical (unpaired) electrons. The third-order valence-electron chi connectivity index (χ3n) is 6.29. The molecule has 194 valence electrons. The molecular formula is C26H27Cl2FN6O2. The van der Waals surface area contributed by atoms with Crippen molar-refractivity contribution in [1.82, 2.24) is 25.5 Å². The summed E-state index contributed by atoms with van der Waals surface area (Å²) in [6.45, 7) is 7.34. The number of anilines is 1. The molecule has 5 rings (SSSR count). The van der Waals surface area contributed by atoms with Gasteiger partial charge in [0.05, 0.1) is 26.7 Å². The number of pyridine rings is 2. The zero-order valence-electron chi connectivity index (χ0n) is 20.6. The largest absolute Gasteiger partial charge is 0.489 e. The van der Waals surface area contributed by atoms with Crippen molar-refractivity contribution in [2.45, 2.75) is 38.5 Å². The Labute approximate surface area is 223 Å². The number of hydrogen-bond acceptors (Lipinski definition) is 7. The van der Waals surface area contributed by atoms with E-state index in [-0.39, 0.29) is 12.1 Å². The number of benzene rings is 1. The van der Waals surface area contributed by atoms with Crippen LogP contribution in [0.2, 0.25) is 10.0 Å². The number of aromatic nitrogens is 4. The molecule has 0 amide bonds. The number of H-pyrrole nitrogens is 1. The molecule has 1 fully saturated rings. The number of nitrogens with zero attached hydrogens (tertiary/aromatic N) is 4. The van der Waals surface area contributed by atoms with E-state index in [0.717, 1.165) is 10.9 Å². The number of rotatable bonds is 8. The molecule has 4 heterocycles. The van der Waals surface area contributed by atoms with Gasteiger partial charge in [-0.2, -0.15) is 5.10 Å². The molecule has 11 heteroatoms. The summed E-state index contributed by atoms with van der Waals surface area (Å²) in [4.78, 5) is 10.2. The predicted molar refractivity (Wildman–Crippen MR) is 143 cm³/mol. The minimum Gasteiger partial charge on any atom is -0.489 e. The van der Waals surface area contributed by atoms with E-state index in [9.17, 15) is 5.11 Å². The van der Waals surface area contributed by atoms with Crippen LogP contribution in [-0.2, 0) is 6.61 Å². The molecule has 0 spiro atoms. The van der Waals surface area contributed by atoms with E-state index in [1.807, 2.05) is 30.0 Å². The Kier molecular flexibility index (Phi) is 6.74. The number of nitrogens with one attached hydrogen (secondary N) is 2. The maximum atomic E-state index is 15.1. The maximum Gasteiger partial charge on any atom is 0.166 e. The molecule has 0 atom stereocenters. The fourth-order valence-electron chi connectivity index (χ4n) is 4.31. The summed E-state index contributed by atoms with van der Waals surface area (Å²) in [5, 5.41) is 22.3. The van der Waals surface area contributed by atoms with Crippen LogP contribution in [0.5, 0.6) is 5.75 Å². The zero-order valence-corrected chi connectivity index (χ0v) is 22.2. The van der Waals surface area contributed by atoms with Crippen LogP contribution >= 0.6 is 23.2 Å². The van der Waals surface area contributed by atoms with Gasteiger partial charge in [0.25, 0.3) is 0 Å². The zero-order chi connectivity index (χ0) is 26.4. The van der Waals surface area contributed by atoms with Crippen LogP contribution in [0.3, 0.4) is 0 Å². The lowest BCUT2D eigenvalue weighted by molar-refractivity contribution is 0.0664. The molecule has 4 aromatic rings. The van der Waals surface area contributed by atoms with E-state index < -0.39 is 11.4 Å². The fourth-order valence-corrected chi connectivity index (χ4v) is 4.79. The first kappa shape index (κ1) is 25.7. The molecule has 0 aliphatic carbocycles. The van der Waals surface area contributed by atoms with Crippen molar-refractivity contribution in [3.05, 3.63) is 64.3 Å². The lowest BCUT2D eigenvalue weighted by Gasteiger charge is -2.50. The number of hydrogen-bond donors (Lipinski definition) is 3. The molecule has 8 nitrogen and oxygen atoms in total. The molecule has 3 aromatic heterocycles. The van der Waals surface area contributed by atoms with Crippen molar-refractivity contribution in [1.29, 1.82) is 0 Å². The minimum atomic E-state index is -0.815. The maximum absolute atomic E-state index is 15.1. The Morgan fingerprint density at radius 3 is 2.59 bits per heavy atom. The van der Waals surface area contributed by atoms with Crippen molar-refractivity contribution in [3.63, 3.8) is 0 Å². The smallest absolute Gasteiger partial charge is 0.166 e. The van der Waals surface area contributed by atoms with Crippen LogP contribution in [0.1, 0.15) is 26.3 Å². The van der Waals surface area contributed by atoms with E-state index in [4.69, 9.17) is 27.9 Å². The van der Waals surface area contributed by atoms with E-state index >= 15 is 4.39 Å². The Bertz CT molecular complexity index is 1430. The molecule has 1 aromatic carbocycles. The van der Waals surface area contributed by atoms with Crippen LogP contribution in [0, 0.1) is 5.82 Å². The highest BCUT2D eigenvalue weighted by molar-refractivity contribution is 6.35. The molecule has 0 bridgehead atoms. The predicted octanol–water partition coefficient (Wildman–Crippen LogP) is 4.98.